The summed E-state index contributed by atoms with van der Waals surface area (Å²) in [6.45, 7) is 3.16. The third kappa shape index (κ3) is 5.83. The smallest absolute Gasteiger partial charge is 0.0406 e. The van der Waals surface area contributed by atoms with E-state index in [2.05, 4.69) is 30.9 Å². The van der Waals surface area contributed by atoms with Crippen molar-refractivity contribution >= 4 is 11.6 Å². The van der Waals surface area contributed by atoms with Gasteiger partial charge in [0.15, 0.2) is 0 Å². The van der Waals surface area contributed by atoms with Crippen LogP contribution in [-0.2, 0) is 0 Å². The van der Waals surface area contributed by atoms with E-state index < -0.39 is 0 Å². The highest BCUT2D eigenvalue weighted by atomic mass is 35.5. The second-order valence-electron chi connectivity index (χ2n) is 5.05. The van der Waals surface area contributed by atoms with Crippen molar-refractivity contribution in [3.63, 3.8) is 0 Å². The predicted octanol–water partition coefficient (Wildman–Crippen LogP) is 2.22. The number of nitrogens with two attached hydrogens (primary N) is 1. The standard InChI is InChI=1S/C14H24ClN3/c1-17(2)10-11-18(3)9-8-14(16)12-4-6-13(15)7-5-12/h4-7,14H,8-11,16H2,1-3H3. The Balaban J connectivity index is 2.32. The van der Waals surface area contributed by atoms with Gasteiger partial charge in [0.05, 0.1) is 0 Å². The molecule has 1 rings (SSSR count). The molecule has 3 nitrogen and oxygen atoms in total. The largest absolute Gasteiger partial charge is 0.324 e. The zero-order valence-corrected chi connectivity index (χ0v) is 12.3. The molecule has 0 aromatic heterocycles. The summed E-state index contributed by atoms with van der Waals surface area (Å²) >= 11 is 5.86. The lowest BCUT2D eigenvalue weighted by molar-refractivity contribution is 0.274. The maximum Gasteiger partial charge on any atom is 0.0406 e. The van der Waals surface area contributed by atoms with Crippen LogP contribution in [0.1, 0.15) is 18.0 Å². The molecule has 0 saturated carbocycles. The average molecular weight is 270 g/mol. The van der Waals surface area contributed by atoms with Crippen LogP contribution in [0.5, 0.6) is 0 Å². The Labute approximate surface area is 116 Å². The number of hydrogen-bond acceptors (Lipinski definition) is 3. The molecule has 1 aromatic rings. The van der Waals surface area contributed by atoms with Gasteiger partial charge in [0.25, 0.3) is 0 Å². The van der Waals surface area contributed by atoms with Crippen LogP contribution in [0.15, 0.2) is 24.3 Å². The number of hydrogen-bond donors (Lipinski definition) is 1. The maximum absolute atomic E-state index is 6.17. The van der Waals surface area contributed by atoms with Gasteiger partial charge in [-0.15, -0.1) is 0 Å². The van der Waals surface area contributed by atoms with Crippen LogP contribution in [0.3, 0.4) is 0 Å². The minimum atomic E-state index is 0.0871. The van der Waals surface area contributed by atoms with Crippen molar-refractivity contribution in [2.45, 2.75) is 12.5 Å². The molecule has 0 spiro atoms. The summed E-state index contributed by atoms with van der Waals surface area (Å²) in [5.41, 5.74) is 7.32. The molecule has 0 saturated heterocycles. The van der Waals surface area contributed by atoms with E-state index in [4.69, 9.17) is 17.3 Å². The van der Waals surface area contributed by atoms with Crippen molar-refractivity contribution in [1.82, 2.24) is 9.80 Å². The monoisotopic (exact) mass is 269 g/mol. The lowest BCUT2D eigenvalue weighted by atomic mass is 10.0. The maximum atomic E-state index is 6.17. The molecule has 4 heteroatoms. The van der Waals surface area contributed by atoms with E-state index in [1.54, 1.807) is 0 Å². The van der Waals surface area contributed by atoms with Gasteiger partial charge < -0.3 is 15.5 Å². The number of halogens is 1. The fourth-order valence-corrected chi connectivity index (χ4v) is 1.84. The molecule has 0 aliphatic carbocycles. The van der Waals surface area contributed by atoms with E-state index in [0.29, 0.717) is 0 Å². The highest BCUT2D eigenvalue weighted by molar-refractivity contribution is 6.30. The van der Waals surface area contributed by atoms with Crippen LogP contribution in [-0.4, -0.2) is 50.6 Å². The fourth-order valence-electron chi connectivity index (χ4n) is 1.72. The fraction of sp³-hybridized carbons (Fsp3) is 0.571. The Bertz CT molecular complexity index is 337. The lowest BCUT2D eigenvalue weighted by Crippen LogP contribution is -2.30. The van der Waals surface area contributed by atoms with Gasteiger partial charge in [-0.25, -0.2) is 0 Å². The zero-order valence-electron chi connectivity index (χ0n) is 11.6. The molecule has 0 aliphatic rings. The normalized spacial score (nSPS) is 13.3. The summed E-state index contributed by atoms with van der Waals surface area (Å²) in [6.07, 6.45) is 0.964. The summed E-state index contributed by atoms with van der Waals surface area (Å²) in [5, 5.41) is 0.758. The molecule has 1 atom stereocenters. The highest BCUT2D eigenvalue weighted by Crippen LogP contribution is 2.17. The van der Waals surface area contributed by atoms with E-state index in [1.165, 1.54) is 0 Å². The van der Waals surface area contributed by atoms with Crippen molar-refractivity contribution in [3.8, 4) is 0 Å². The van der Waals surface area contributed by atoms with Crippen molar-refractivity contribution in [1.29, 1.82) is 0 Å². The molecular formula is C14H24ClN3. The Morgan fingerprint density at radius 3 is 2.22 bits per heavy atom. The summed E-state index contributed by atoms with van der Waals surface area (Å²) in [7, 11) is 6.32. The van der Waals surface area contributed by atoms with Gasteiger partial charge in [-0.3, -0.25) is 0 Å². The van der Waals surface area contributed by atoms with E-state index in [-0.39, 0.29) is 6.04 Å². The Morgan fingerprint density at radius 2 is 1.67 bits per heavy atom. The van der Waals surface area contributed by atoms with Crippen molar-refractivity contribution < 1.29 is 0 Å². The third-order valence-electron chi connectivity index (χ3n) is 3.05. The van der Waals surface area contributed by atoms with E-state index in [0.717, 1.165) is 36.6 Å². The first-order valence-corrected chi connectivity index (χ1v) is 6.71. The molecule has 0 bridgehead atoms. The van der Waals surface area contributed by atoms with Crippen LogP contribution in [0.2, 0.25) is 5.02 Å². The van der Waals surface area contributed by atoms with Crippen molar-refractivity contribution in [2.75, 3.05) is 40.8 Å². The van der Waals surface area contributed by atoms with Gasteiger partial charge in [0, 0.05) is 24.2 Å². The first kappa shape index (κ1) is 15.4. The highest BCUT2D eigenvalue weighted by Gasteiger charge is 2.07. The SMILES string of the molecule is CN(C)CCN(C)CCC(N)c1ccc(Cl)cc1. The third-order valence-corrected chi connectivity index (χ3v) is 3.30. The van der Waals surface area contributed by atoms with Gasteiger partial charge in [-0.1, -0.05) is 23.7 Å². The van der Waals surface area contributed by atoms with Crippen LogP contribution in [0.4, 0.5) is 0 Å². The van der Waals surface area contributed by atoms with Crippen LogP contribution >= 0.6 is 11.6 Å². The first-order valence-electron chi connectivity index (χ1n) is 6.33. The van der Waals surface area contributed by atoms with E-state index in [9.17, 15) is 0 Å². The Hall–Kier alpha value is -0.610. The van der Waals surface area contributed by atoms with Crippen molar-refractivity contribution in [3.05, 3.63) is 34.9 Å². The van der Waals surface area contributed by atoms with E-state index >= 15 is 0 Å². The summed E-state index contributed by atoms with van der Waals surface area (Å²) in [6, 6.07) is 7.89. The summed E-state index contributed by atoms with van der Waals surface area (Å²) in [4.78, 5) is 4.51. The molecule has 0 fully saturated rings. The topological polar surface area (TPSA) is 32.5 Å². The predicted molar refractivity (Wildman–Crippen MR) is 79.0 cm³/mol. The van der Waals surface area contributed by atoms with Gasteiger partial charge in [0.2, 0.25) is 0 Å². The van der Waals surface area contributed by atoms with Crippen LogP contribution < -0.4 is 5.73 Å². The molecule has 0 heterocycles. The number of likely N-dealkylation sites (N-methyl/N-ethyl adjacent to an activating group) is 2. The molecule has 0 amide bonds. The Morgan fingerprint density at radius 1 is 1.06 bits per heavy atom. The van der Waals surface area contributed by atoms with Crippen molar-refractivity contribution in [2.24, 2.45) is 5.73 Å². The quantitative estimate of drug-likeness (QED) is 0.824. The second kappa shape index (κ2) is 7.74. The average Bonchev–Trinajstić information content (AvgIpc) is 2.34. The molecule has 0 aliphatic heterocycles. The molecule has 2 N–H and O–H groups in total. The van der Waals surface area contributed by atoms with Gasteiger partial charge in [-0.2, -0.15) is 0 Å². The zero-order chi connectivity index (χ0) is 13.5. The minimum absolute atomic E-state index is 0.0871. The summed E-state index contributed by atoms with van der Waals surface area (Å²) in [5.74, 6) is 0. The molecule has 0 radical (unpaired) electrons. The van der Waals surface area contributed by atoms with E-state index in [1.807, 2.05) is 24.3 Å². The molecule has 18 heavy (non-hydrogen) atoms. The molecule has 1 aromatic carbocycles. The summed E-state index contributed by atoms with van der Waals surface area (Å²) < 4.78 is 0. The molecule has 1 unspecified atom stereocenters. The Kier molecular flexibility index (Phi) is 6.65. The van der Waals surface area contributed by atoms with Gasteiger partial charge in [0.1, 0.15) is 0 Å². The minimum Gasteiger partial charge on any atom is -0.324 e. The van der Waals surface area contributed by atoms with Crippen LogP contribution in [0, 0.1) is 0 Å². The second-order valence-corrected chi connectivity index (χ2v) is 5.49. The van der Waals surface area contributed by atoms with Crippen LogP contribution in [0.25, 0.3) is 0 Å². The number of rotatable bonds is 7. The number of nitrogens with zero attached hydrogens (tertiary/aromatic N) is 2. The molecular weight excluding hydrogens is 246 g/mol. The molecule has 102 valence electrons. The van der Waals surface area contributed by atoms with Gasteiger partial charge in [-0.05, 0) is 51.8 Å². The number of benzene rings is 1. The lowest BCUT2D eigenvalue weighted by Gasteiger charge is -2.21. The van der Waals surface area contributed by atoms with Gasteiger partial charge >= 0.3 is 0 Å². The first-order chi connectivity index (χ1) is 8.49.